The first-order valence-corrected chi connectivity index (χ1v) is 5.91. The Kier molecular flexibility index (Phi) is 2.57. The molecule has 0 atom stereocenters. The first kappa shape index (κ1) is 10.9. The van der Waals surface area contributed by atoms with Gasteiger partial charge in [0.2, 0.25) is 5.89 Å². The lowest BCUT2D eigenvalue weighted by molar-refractivity contribution is 0.620. The maximum absolute atomic E-state index is 5.68. The summed E-state index contributed by atoms with van der Waals surface area (Å²) in [6.45, 7) is 0. The van der Waals surface area contributed by atoms with Crippen molar-refractivity contribution in [2.24, 2.45) is 5.73 Å². The zero-order valence-corrected chi connectivity index (χ0v) is 10.3. The van der Waals surface area contributed by atoms with Crippen molar-refractivity contribution >= 4 is 28.3 Å². The van der Waals surface area contributed by atoms with E-state index in [-0.39, 0.29) is 0 Å². The van der Waals surface area contributed by atoms with E-state index in [0.29, 0.717) is 10.9 Å². The number of para-hydroxylation sites is 2. The Morgan fingerprint density at radius 1 is 1.06 bits per heavy atom. The van der Waals surface area contributed by atoms with Gasteiger partial charge in [-0.15, -0.1) is 0 Å². The van der Waals surface area contributed by atoms with Crippen molar-refractivity contribution in [3.05, 3.63) is 54.1 Å². The van der Waals surface area contributed by atoms with Crippen molar-refractivity contribution in [2.75, 3.05) is 0 Å². The molecule has 0 saturated heterocycles. The number of nitrogens with two attached hydrogens (primary N) is 1. The van der Waals surface area contributed by atoms with Crippen LogP contribution < -0.4 is 5.73 Å². The molecule has 0 bridgehead atoms. The highest BCUT2D eigenvalue weighted by Crippen LogP contribution is 2.24. The molecule has 0 saturated carbocycles. The lowest BCUT2D eigenvalue weighted by Crippen LogP contribution is -2.08. The third-order valence-electron chi connectivity index (χ3n) is 2.71. The topological polar surface area (TPSA) is 52.0 Å². The van der Waals surface area contributed by atoms with Crippen molar-refractivity contribution in [1.29, 1.82) is 0 Å². The van der Waals surface area contributed by atoms with E-state index in [1.165, 1.54) is 0 Å². The molecule has 0 aliphatic heterocycles. The number of rotatable bonds is 2. The van der Waals surface area contributed by atoms with Crippen LogP contribution in [0.2, 0.25) is 0 Å². The van der Waals surface area contributed by atoms with E-state index < -0.39 is 0 Å². The number of aromatic nitrogens is 1. The molecule has 0 unspecified atom stereocenters. The lowest BCUT2D eigenvalue weighted by atomic mass is 10.1. The van der Waals surface area contributed by atoms with E-state index in [1.54, 1.807) is 0 Å². The number of oxazole rings is 1. The molecule has 0 aliphatic rings. The lowest BCUT2D eigenvalue weighted by Gasteiger charge is -1.98. The second-order valence-corrected chi connectivity index (χ2v) is 4.37. The number of fused-ring (bicyclic) bond motifs is 1. The van der Waals surface area contributed by atoms with E-state index >= 15 is 0 Å². The van der Waals surface area contributed by atoms with Gasteiger partial charge >= 0.3 is 0 Å². The van der Waals surface area contributed by atoms with Gasteiger partial charge in [-0.2, -0.15) is 0 Å². The minimum Gasteiger partial charge on any atom is -0.436 e. The van der Waals surface area contributed by atoms with Gasteiger partial charge in [0, 0.05) is 11.1 Å². The van der Waals surface area contributed by atoms with Crippen LogP contribution in [-0.2, 0) is 0 Å². The van der Waals surface area contributed by atoms with Crippen LogP contribution >= 0.6 is 12.2 Å². The highest BCUT2D eigenvalue weighted by Gasteiger charge is 2.07. The number of thiocarbonyl (C=S) groups is 1. The van der Waals surface area contributed by atoms with Crippen LogP contribution in [0.5, 0.6) is 0 Å². The fourth-order valence-electron chi connectivity index (χ4n) is 1.77. The average molecular weight is 254 g/mol. The predicted molar refractivity (Wildman–Crippen MR) is 75.3 cm³/mol. The van der Waals surface area contributed by atoms with Crippen molar-refractivity contribution in [1.82, 2.24) is 4.98 Å². The molecule has 3 aromatic rings. The van der Waals surface area contributed by atoms with Gasteiger partial charge in [0.15, 0.2) is 5.58 Å². The molecular weight excluding hydrogens is 244 g/mol. The van der Waals surface area contributed by atoms with Crippen molar-refractivity contribution in [2.45, 2.75) is 0 Å². The normalized spacial score (nSPS) is 10.7. The zero-order chi connectivity index (χ0) is 12.5. The van der Waals surface area contributed by atoms with Crippen LogP contribution in [0.15, 0.2) is 52.9 Å². The molecule has 1 aromatic heterocycles. The van der Waals surface area contributed by atoms with E-state index in [0.717, 1.165) is 22.2 Å². The maximum Gasteiger partial charge on any atom is 0.227 e. The predicted octanol–water partition coefficient (Wildman–Crippen LogP) is 3.13. The fraction of sp³-hybridized carbons (Fsp3) is 0. The summed E-state index contributed by atoms with van der Waals surface area (Å²) in [5, 5.41) is 0. The molecule has 18 heavy (non-hydrogen) atoms. The molecule has 1 heterocycles. The van der Waals surface area contributed by atoms with Gasteiger partial charge < -0.3 is 10.2 Å². The summed E-state index contributed by atoms with van der Waals surface area (Å²) in [6.07, 6.45) is 0. The van der Waals surface area contributed by atoms with Gasteiger partial charge in [-0.05, 0) is 24.3 Å². The van der Waals surface area contributed by atoms with Crippen LogP contribution in [-0.4, -0.2) is 9.97 Å². The minimum atomic E-state index is 0.388. The van der Waals surface area contributed by atoms with Crippen molar-refractivity contribution < 1.29 is 4.42 Å². The Bertz CT molecular complexity index is 683. The van der Waals surface area contributed by atoms with Crippen LogP contribution in [0.4, 0.5) is 0 Å². The molecule has 3 rings (SSSR count). The molecule has 0 fully saturated rings. The van der Waals surface area contributed by atoms with Crippen LogP contribution in [0, 0.1) is 0 Å². The molecule has 88 valence electrons. The highest BCUT2D eigenvalue weighted by molar-refractivity contribution is 7.80. The molecule has 3 nitrogen and oxygen atoms in total. The number of hydrogen-bond acceptors (Lipinski definition) is 3. The summed E-state index contributed by atoms with van der Waals surface area (Å²) in [6, 6.07) is 15.2. The molecule has 2 N–H and O–H groups in total. The van der Waals surface area contributed by atoms with E-state index in [9.17, 15) is 0 Å². The zero-order valence-electron chi connectivity index (χ0n) is 9.46. The van der Waals surface area contributed by atoms with Crippen LogP contribution in [0.3, 0.4) is 0 Å². The molecule has 2 aromatic carbocycles. The van der Waals surface area contributed by atoms with Crippen molar-refractivity contribution in [3.8, 4) is 11.5 Å². The Morgan fingerprint density at radius 2 is 1.78 bits per heavy atom. The Morgan fingerprint density at radius 3 is 2.44 bits per heavy atom. The number of benzene rings is 2. The SMILES string of the molecule is NC(=S)c1ccc(-c2nc3ccccc3o2)cc1. The first-order chi connectivity index (χ1) is 8.74. The summed E-state index contributed by atoms with van der Waals surface area (Å²) in [7, 11) is 0. The second kappa shape index (κ2) is 4.23. The first-order valence-electron chi connectivity index (χ1n) is 5.50. The monoisotopic (exact) mass is 254 g/mol. The molecule has 0 spiro atoms. The van der Waals surface area contributed by atoms with Gasteiger partial charge in [-0.25, -0.2) is 4.98 Å². The molecule has 0 aliphatic carbocycles. The average Bonchev–Trinajstić information content (AvgIpc) is 2.82. The summed E-state index contributed by atoms with van der Waals surface area (Å²) in [5.74, 6) is 0.602. The Labute approximate surface area is 109 Å². The highest BCUT2D eigenvalue weighted by atomic mass is 32.1. The minimum absolute atomic E-state index is 0.388. The standard InChI is InChI=1S/C14H10N2OS/c15-13(18)9-5-7-10(8-6-9)14-16-11-3-1-2-4-12(11)17-14/h1-8H,(H2,15,18). The van der Waals surface area contributed by atoms with Gasteiger partial charge in [-0.1, -0.05) is 36.5 Å². The van der Waals surface area contributed by atoms with E-state index in [1.807, 2.05) is 48.5 Å². The molecule has 0 amide bonds. The molecular formula is C14H10N2OS. The quantitative estimate of drug-likeness (QED) is 0.714. The Balaban J connectivity index is 2.06. The number of hydrogen-bond donors (Lipinski definition) is 1. The van der Waals surface area contributed by atoms with Crippen LogP contribution in [0.1, 0.15) is 5.56 Å². The van der Waals surface area contributed by atoms with E-state index in [4.69, 9.17) is 22.4 Å². The summed E-state index contributed by atoms with van der Waals surface area (Å²) >= 11 is 4.91. The van der Waals surface area contributed by atoms with Crippen molar-refractivity contribution in [3.63, 3.8) is 0 Å². The maximum atomic E-state index is 5.68. The van der Waals surface area contributed by atoms with Gasteiger partial charge in [0.05, 0.1) is 0 Å². The molecule has 0 radical (unpaired) electrons. The second-order valence-electron chi connectivity index (χ2n) is 3.93. The summed E-state index contributed by atoms with van der Waals surface area (Å²) < 4.78 is 5.68. The Hall–Kier alpha value is -2.20. The third-order valence-corrected chi connectivity index (χ3v) is 2.95. The van der Waals surface area contributed by atoms with Crippen LogP contribution in [0.25, 0.3) is 22.6 Å². The smallest absolute Gasteiger partial charge is 0.227 e. The van der Waals surface area contributed by atoms with E-state index in [2.05, 4.69) is 4.98 Å². The number of nitrogens with zero attached hydrogens (tertiary/aromatic N) is 1. The third kappa shape index (κ3) is 1.87. The molecule has 4 heteroatoms. The summed E-state index contributed by atoms with van der Waals surface area (Å²) in [4.78, 5) is 4.81. The summed E-state index contributed by atoms with van der Waals surface area (Å²) in [5.41, 5.74) is 8.94. The van der Waals surface area contributed by atoms with Gasteiger partial charge in [0.1, 0.15) is 10.5 Å². The fourth-order valence-corrected chi connectivity index (χ4v) is 1.91. The van der Waals surface area contributed by atoms with Gasteiger partial charge in [-0.3, -0.25) is 0 Å². The largest absolute Gasteiger partial charge is 0.436 e. The van der Waals surface area contributed by atoms with Gasteiger partial charge in [0.25, 0.3) is 0 Å².